The number of rotatable bonds is 7. The molecule has 4 nitrogen and oxygen atoms in total. The molecule has 1 N–H and O–H groups in total. The molecule has 198 valence electrons. The Morgan fingerprint density at radius 1 is 0.973 bits per heavy atom. The monoisotopic (exact) mass is 500 g/mol. The minimum Gasteiger partial charge on any atom is -0.491 e. The molecule has 6 rings (SSSR count). The fraction of sp³-hybridized carbons (Fsp3) is 0.576. The van der Waals surface area contributed by atoms with Gasteiger partial charge in [-0.1, -0.05) is 51.3 Å². The Bertz CT molecular complexity index is 1250. The van der Waals surface area contributed by atoms with Gasteiger partial charge in [-0.05, 0) is 91.3 Å². The van der Waals surface area contributed by atoms with Crippen molar-refractivity contribution in [1.29, 1.82) is 0 Å². The third kappa shape index (κ3) is 4.83. The molecule has 1 aliphatic heterocycles. The van der Waals surface area contributed by atoms with Crippen LogP contribution in [0.25, 0.3) is 10.9 Å². The molecule has 0 bridgehead atoms. The van der Waals surface area contributed by atoms with Gasteiger partial charge in [-0.2, -0.15) is 0 Å². The largest absolute Gasteiger partial charge is 0.491 e. The second-order valence-corrected chi connectivity index (χ2v) is 12.2. The molecule has 3 aliphatic rings. The first-order chi connectivity index (χ1) is 18.0. The molecule has 4 heteroatoms. The molecule has 0 saturated heterocycles. The van der Waals surface area contributed by atoms with Crippen molar-refractivity contribution in [3.8, 4) is 5.75 Å². The van der Waals surface area contributed by atoms with Crippen molar-refractivity contribution >= 4 is 10.9 Å². The Kier molecular flexibility index (Phi) is 7.07. The molecule has 2 aromatic carbocycles. The Hall–Kier alpha value is -2.30. The number of hydrogen-bond acceptors (Lipinski definition) is 3. The van der Waals surface area contributed by atoms with Crippen LogP contribution in [0.4, 0.5) is 0 Å². The van der Waals surface area contributed by atoms with Crippen LogP contribution in [-0.4, -0.2) is 40.4 Å². The van der Waals surface area contributed by atoms with Crippen LogP contribution in [0, 0.1) is 6.92 Å². The minimum atomic E-state index is -0.500. The average Bonchev–Trinajstić information content (AvgIpc) is 3.23. The lowest BCUT2D eigenvalue weighted by molar-refractivity contribution is 0.0372. The number of β-amino-alcohol motifs (C(OH)–C–C–N with tert-alkyl or cyclic N) is 1. The van der Waals surface area contributed by atoms with E-state index in [1.165, 1.54) is 79.1 Å². The second kappa shape index (κ2) is 10.5. The number of hydrogen-bond donors (Lipinski definition) is 1. The van der Waals surface area contributed by atoms with Crippen molar-refractivity contribution in [2.24, 2.45) is 0 Å². The topological polar surface area (TPSA) is 37.6 Å². The van der Waals surface area contributed by atoms with Crippen LogP contribution < -0.4 is 4.74 Å². The Morgan fingerprint density at radius 3 is 2.62 bits per heavy atom. The van der Waals surface area contributed by atoms with E-state index in [1.54, 1.807) is 11.1 Å². The molecule has 1 fully saturated rings. The highest BCUT2D eigenvalue weighted by molar-refractivity contribution is 5.87. The maximum Gasteiger partial charge on any atom is 0.123 e. The van der Waals surface area contributed by atoms with E-state index in [1.807, 2.05) is 0 Å². The summed E-state index contributed by atoms with van der Waals surface area (Å²) in [6, 6.07) is 14.2. The molecule has 2 aliphatic carbocycles. The fourth-order valence-corrected chi connectivity index (χ4v) is 7.36. The summed E-state index contributed by atoms with van der Waals surface area (Å²) in [6.07, 6.45) is 9.98. The number of aliphatic hydroxyl groups is 1. The summed E-state index contributed by atoms with van der Waals surface area (Å²) < 4.78 is 8.81. The molecule has 0 spiro atoms. The third-order valence-electron chi connectivity index (χ3n) is 9.25. The van der Waals surface area contributed by atoms with Crippen LogP contribution in [0.5, 0.6) is 5.75 Å². The van der Waals surface area contributed by atoms with E-state index in [4.69, 9.17) is 4.74 Å². The van der Waals surface area contributed by atoms with Crippen molar-refractivity contribution < 1.29 is 9.84 Å². The van der Waals surface area contributed by atoms with E-state index >= 15 is 0 Å². The average molecular weight is 501 g/mol. The highest BCUT2D eigenvalue weighted by atomic mass is 16.5. The third-order valence-corrected chi connectivity index (χ3v) is 9.25. The molecule has 0 radical (unpaired) electrons. The normalized spacial score (nSPS) is 21.4. The van der Waals surface area contributed by atoms with Crippen LogP contribution >= 0.6 is 0 Å². The van der Waals surface area contributed by atoms with Crippen LogP contribution in [0.15, 0.2) is 36.4 Å². The molecule has 0 amide bonds. The first kappa shape index (κ1) is 25.0. The maximum absolute atomic E-state index is 11.1. The number of ether oxygens (including phenoxy) is 1. The van der Waals surface area contributed by atoms with Crippen molar-refractivity contribution in [3.63, 3.8) is 0 Å². The van der Waals surface area contributed by atoms with Crippen molar-refractivity contribution in [3.05, 3.63) is 64.3 Å². The van der Waals surface area contributed by atoms with Gasteiger partial charge in [0, 0.05) is 36.2 Å². The Morgan fingerprint density at radius 2 is 1.81 bits per heavy atom. The summed E-state index contributed by atoms with van der Waals surface area (Å²) in [5, 5.41) is 12.6. The van der Waals surface area contributed by atoms with E-state index in [0.29, 0.717) is 25.1 Å². The van der Waals surface area contributed by atoms with Gasteiger partial charge in [-0.25, -0.2) is 0 Å². The number of aliphatic hydroxyl groups excluding tert-OH is 1. The van der Waals surface area contributed by atoms with Gasteiger partial charge in [0.25, 0.3) is 0 Å². The van der Waals surface area contributed by atoms with E-state index < -0.39 is 6.10 Å². The van der Waals surface area contributed by atoms with Gasteiger partial charge < -0.3 is 14.4 Å². The number of fused-ring (bicyclic) bond motifs is 3. The lowest BCUT2D eigenvalue weighted by atomic mass is 9.83. The zero-order valence-electron chi connectivity index (χ0n) is 23.0. The van der Waals surface area contributed by atoms with Crippen LogP contribution in [-0.2, 0) is 13.0 Å². The van der Waals surface area contributed by atoms with Crippen molar-refractivity contribution in [1.82, 2.24) is 9.47 Å². The van der Waals surface area contributed by atoms with E-state index in [0.717, 1.165) is 24.8 Å². The molecular weight excluding hydrogens is 456 g/mol. The molecule has 0 unspecified atom stereocenters. The summed E-state index contributed by atoms with van der Waals surface area (Å²) in [5.74, 6) is 2.07. The second-order valence-electron chi connectivity index (χ2n) is 12.2. The van der Waals surface area contributed by atoms with Crippen LogP contribution in [0.3, 0.4) is 0 Å². The van der Waals surface area contributed by atoms with Gasteiger partial charge in [-0.15, -0.1) is 0 Å². The molecule has 1 saturated carbocycles. The van der Waals surface area contributed by atoms with Gasteiger partial charge in [0.2, 0.25) is 0 Å². The quantitative estimate of drug-likeness (QED) is 0.371. The standard InChI is InChI=1S/C33H44N2O2/c1-22(2)27-14-12-23(3)18-32(27)37-21-26(36)20-34-16-17-35-30-15-13-25(24-8-5-4-6-9-24)19-29(30)28-10-7-11-31(34)33(28)35/h12-15,18-19,22,24,26,31,36H,4-11,16-17,20-21H2,1-3H3/t26-,31-/m0/s1. The Balaban J connectivity index is 1.20. The van der Waals surface area contributed by atoms with Gasteiger partial charge in [0.1, 0.15) is 18.5 Å². The number of benzene rings is 2. The highest BCUT2D eigenvalue weighted by Crippen LogP contribution is 2.44. The predicted molar refractivity (Wildman–Crippen MR) is 152 cm³/mol. The zero-order chi connectivity index (χ0) is 25.5. The summed E-state index contributed by atoms with van der Waals surface area (Å²) in [6.45, 7) is 9.49. The molecule has 2 atom stereocenters. The highest BCUT2D eigenvalue weighted by Gasteiger charge is 2.35. The number of aromatic nitrogens is 1. The molecule has 3 aromatic rings. The van der Waals surface area contributed by atoms with Crippen molar-refractivity contribution in [2.45, 2.75) is 103 Å². The van der Waals surface area contributed by atoms with Gasteiger partial charge >= 0.3 is 0 Å². The first-order valence-corrected chi connectivity index (χ1v) is 14.8. The lowest BCUT2D eigenvalue weighted by Crippen LogP contribution is -2.44. The summed E-state index contributed by atoms with van der Waals surface area (Å²) in [5.41, 5.74) is 8.52. The summed E-state index contributed by atoms with van der Waals surface area (Å²) in [7, 11) is 0. The summed E-state index contributed by atoms with van der Waals surface area (Å²) >= 11 is 0. The zero-order valence-corrected chi connectivity index (χ0v) is 23.0. The molecule has 2 heterocycles. The van der Waals surface area contributed by atoms with Crippen LogP contribution in [0.1, 0.15) is 105 Å². The predicted octanol–water partition coefficient (Wildman–Crippen LogP) is 7.25. The van der Waals surface area contributed by atoms with Crippen LogP contribution in [0.2, 0.25) is 0 Å². The van der Waals surface area contributed by atoms with Gasteiger partial charge in [0.15, 0.2) is 0 Å². The van der Waals surface area contributed by atoms with Gasteiger partial charge in [-0.3, -0.25) is 4.90 Å². The minimum absolute atomic E-state index is 0.340. The van der Waals surface area contributed by atoms with E-state index in [9.17, 15) is 5.11 Å². The van der Waals surface area contributed by atoms with Crippen molar-refractivity contribution in [2.75, 3.05) is 19.7 Å². The smallest absolute Gasteiger partial charge is 0.123 e. The molecular formula is C33H44N2O2. The van der Waals surface area contributed by atoms with Gasteiger partial charge in [0.05, 0.1) is 6.04 Å². The fourth-order valence-electron chi connectivity index (χ4n) is 7.36. The Labute approximate surface area is 222 Å². The van der Waals surface area contributed by atoms with E-state index in [2.05, 4.69) is 66.6 Å². The molecule has 37 heavy (non-hydrogen) atoms. The lowest BCUT2D eigenvalue weighted by Gasteiger charge is -2.40. The number of nitrogens with zero attached hydrogens (tertiary/aromatic N) is 2. The SMILES string of the molecule is Cc1ccc(C(C)C)c(OC[C@@H](O)CN2CCn3c4c(c5cc(C6CCCCC6)ccc53)CCC[C@@H]42)c1. The summed E-state index contributed by atoms with van der Waals surface area (Å²) in [4.78, 5) is 2.53. The number of aryl methyl sites for hydroxylation is 2. The maximum atomic E-state index is 11.1. The molecule has 1 aromatic heterocycles. The first-order valence-electron chi connectivity index (χ1n) is 14.8. The van der Waals surface area contributed by atoms with E-state index in [-0.39, 0.29) is 0 Å².